The minimum atomic E-state index is -1.62. The van der Waals surface area contributed by atoms with Crippen molar-refractivity contribution in [2.24, 2.45) is 0 Å². The minimum absolute atomic E-state index is 0.0696. The van der Waals surface area contributed by atoms with Crippen LogP contribution in [0.4, 0.5) is 0 Å². The molecule has 0 amide bonds. The van der Waals surface area contributed by atoms with Crippen molar-refractivity contribution in [2.75, 3.05) is 27.9 Å². The first-order valence-electron chi connectivity index (χ1n) is 10.9. The number of benzene rings is 2. The van der Waals surface area contributed by atoms with Gasteiger partial charge in [0.1, 0.15) is 41.8 Å². The van der Waals surface area contributed by atoms with Crippen molar-refractivity contribution in [1.82, 2.24) is 0 Å². The Morgan fingerprint density at radius 3 is 2.23 bits per heavy atom. The molecule has 0 radical (unpaired) electrons. The maximum Gasteiger partial charge on any atom is 0.342 e. The van der Waals surface area contributed by atoms with Gasteiger partial charge < -0.3 is 48.8 Å². The lowest BCUT2D eigenvalue weighted by Crippen LogP contribution is -2.60. The molecule has 1 fully saturated rings. The lowest BCUT2D eigenvalue weighted by Gasteiger charge is -2.40. The van der Waals surface area contributed by atoms with Gasteiger partial charge in [-0.05, 0) is 23.8 Å². The molecule has 4 rings (SSSR count). The summed E-state index contributed by atoms with van der Waals surface area (Å²) in [5.74, 6) is 0.661. The van der Waals surface area contributed by atoms with E-state index in [0.717, 1.165) is 0 Å². The predicted molar refractivity (Wildman–Crippen MR) is 119 cm³/mol. The van der Waals surface area contributed by atoms with E-state index in [1.165, 1.54) is 27.4 Å². The number of aliphatic hydroxyl groups excluding tert-OH is 4. The minimum Gasteiger partial charge on any atom is -0.493 e. The first-order chi connectivity index (χ1) is 16.8. The number of hydrogen-bond acceptors (Lipinski definition) is 11. The summed E-state index contributed by atoms with van der Waals surface area (Å²) < 4.78 is 33.0. The molecule has 35 heavy (non-hydrogen) atoms. The maximum absolute atomic E-state index is 13.1. The van der Waals surface area contributed by atoms with Crippen LogP contribution in [0.1, 0.15) is 27.6 Å². The van der Waals surface area contributed by atoms with Gasteiger partial charge in [0.15, 0.2) is 11.5 Å². The molecule has 11 nitrogen and oxygen atoms in total. The highest BCUT2D eigenvalue weighted by atomic mass is 16.7. The van der Waals surface area contributed by atoms with E-state index in [1.807, 2.05) is 0 Å². The zero-order valence-electron chi connectivity index (χ0n) is 19.4. The Balaban J connectivity index is 1.62. The molecule has 2 aliphatic heterocycles. The summed E-state index contributed by atoms with van der Waals surface area (Å²) >= 11 is 0. The van der Waals surface area contributed by atoms with Crippen molar-refractivity contribution in [3.05, 3.63) is 47.0 Å². The standard InChI is InChI=1S/C24H28O11/c1-30-15-8-12(9-16(31-2)22(15)32-3)14-7-11-5-4-6-13(18(11)23(29)33-14)34-24-21(28)20(27)19(26)17(10-25)35-24/h4-6,8-9,14,17,19-21,24-28H,7,10H2,1-3H3/t14-,17-,19-,20+,21-,24-/m1/s1. The lowest BCUT2D eigenvalue weighted by atomic mass is 9.93. The van der Waals surface area contributed by atoms with Crippen molar-refractivity contribution in [3.8, 4) is 23.0 Å². The van der Waals surface area contributed by atoms with Gasteiger partial charge in [0, 0.05) is 12.0 Å². The molecule has 2 aromatic carbocycles. The number of methoxy groups -OCH3 is 3. The molecule has 2 aliphatic rings. The smallest absolute Gasteiger partial charge is 0.342 e. The number of rotatable bonds is 7. The molecule has 0 unspecified atom stereocenters. The molecule has 0 aromatic heterocycles. The number of esters is 1. The van der Waals surface area contributed by atoms with E-state index in [4.69, 9.17) is 28.4 Å². The zero-order valence-corrected chi connectivity index (χ0v) is 19.4. The van der Waals surface area contributed by atoms with Crippen molar-refractivity contribution in [1.29, 1.82) is 0 Å². The second-order valence-electron chi connectivity index (χ2n) is 8.16. The molecule has 2 aromatic rings. The third kappa shape index (κ3) is 4.60. The second kappa shape index (κ2) is 10.3. The fourth-order valence-corrected chi connectivity index (χ4v) is 4.27. The van der Waals surface area contributed by atoms with Gasteiger partial charge in [-0.3, -0.25) is 0 Å². The van der Waals surface area contributed by atoms with Gasteiger partial charge in [-0.2, -0.15) is 0 Å². The number of fused-ring (bicyclic) bond motifs is 1. The van der Waals surface area contributed by atoms with Crippen LogP contribution >= 0.6 is 0 Å². The van der Waals surface area contributed by atoms with E-state index < -0.39 is 49.4 Å². The summed E-state index contributed by atoms with van der Waals surface area (Å²) in [5, 5.41) is 39.7. The average Bonchev–Trinajstić information content (AvgIpc) is 2.87. The topological polar surface area (TPSA) is 153 Å². The summed E-state index contributed by atoms with van der Waals surface area (Å²) in [6.07, 6.45) is -7.66. The number of cyclic esters (lactones) is 1. The Hall–Kier alpha value is -3.09. The summed E-state index contributed by atoms with van der Waals surface area (Å²) in [6, 6.07) is 8.34. The number of carbonyl (C=O) groups excluding carboxylic acids is 1. The van der Waals surface area contributed by atoms with Gasteiger partial charge in [-0.15, -0.1) is 0 Å². The first kappa shape index (κ1) is 25.0. The molecule has 190 valence electrons. The van der Waals surface area contributed by atoms with Crippen molar-refractivity contribution in [3.63, 3.8) is 0 Å². The SMILES string of the molecule is COc1cc([C@H]2Cc3cccc(O[C@@H]4O[C@H](CO)[C@@H](O)[C@H](O)[C@H]4O)c3C(=O)O2)cc(OC)c1OC. The van der Waals surface area contributed by atoms with E-state index in [2.05, 4.69) is 0 Å². The Kier molecular flexibility index (Phi) is 7.33. The van der Waals surface area contributed by atoms with E-state index in [9.17, 15) is 25.2 Å². The third-order valence-corrected chi connectivity index (χ3v) is 6.12. The van der Waals surface area contributed by atoms with Crippen LogP contribution in [0.2, 0.25) is 0 Å². The van der Waals surface area contributed by atoms with Crippen LogP contribution in [0.25, 0.3) is 0 Å². The monoisotopic (exact) mass is 492 g/mol. The largest absolute Gasteiger partial charge is 0.493 e. The number of ether oxygens (including phenoxy) is 6. The fraction of sp³-hybridized carbons (Fsp3) is 0.458. The van der Waals surface area contributed by atoms with E-state index in [0.29, 0.717) is 34.8 Å². The van der Waals surface area contributed by atoms with Crippen molar-refractivity contribution in [2.45, 2.75) is 43.2 Å². The average molecular weight is 492 g/mol. The Morgan fingerprint density at radius 2 is 1.63 bits per heavy atom. The van der Waals surface area contributed by atoms with Gasteiger partial charge in [0.25, 0.3) is 0 Å². The molecule has 0 spiro atoms. The molecule has 2 heterocycles. The quantitative estimate of drug-likeness (QED) is 0.396. The summed E-state index contributed by atoms with van der Waals surface area (Å²) in [7, 11) is 4.48. The van der Waals surface area contributed by atoms with E-state index in [1.54, 1.807) is 24.3 Å². The molecule has 4 N–H and O–H groups in total. The molecule has 1 saturated heterocycles. The zero-order chi connectivity index (χ0) is 25.3. The Bertz CT molecular complexity index is 1040. The maximum atomic E-state index is 13.1. The van der Waals surface area contributed by atoms with Gasteiger partial charge in [0.2, 0.25) is 12.0 Å². The molecule has 0 saturated carbocycles. The normalized spacial score (nSPS) is 28.0. The second-order valence-corrected chi connectivity index (χ2v) is 8.16. The highest BCUT2D eigenvalue weighted by Crippen LogP contribution is 2.43. The first-order valence-corrected chi connectivity index (χ1v) is 10.9. The lowest BCUT2D eigenvalue weighted by molar-refractivity contribution is -0.277. The van der Waals surface area contributed by atoms with Gasteiger partial charge in [-0.25, -0.2) is 4.79 Å². The molecule has 0 bridgehead atoms. The molecular weight excluding hydrogens is 464 g/mol. The van der Waals surface area contributed by atoms with Crippen LogP contribution < -0.4 is 18.9 Å². The summed E-state index contributed by atoms with van der Waals surface area (Å²) in [6.45, 7) is -0.601. The molecule has 0 aliphatic carbocycles. The fourth-order valence-electron chi connectivity index (χ4n) is 4.27. The third-order valence-electron chi connectivity index (χ3n) is 6.12. The Morgan fingerprint density at radius 1 is 0.943 bits per heavy atom. The van der Waals surface area contributed by atoms with Crippen LogP contribution in [-0.2, 0) is 15.9 Å². The molecular formula is C24H28O11. The van der Waals surface area contributed by atoms with Crippen LogP contribution in [-0.4, -0.2) is 85.0 Å². The Labute approximate surface area is 201 Å². The molecule has 11 heteroatoms. The van der Waals surface area contributed by atoms with Gasteiger partial charge >= 0.3 is 5.97 Å². The van der Waals surface area contributed by atoms with Gasteiger partial charge in [0.05, 0.1) is 27.9 Å². The highest BCUT2D eigenvalue weighted by Gasteiger charge is 2.45. The highest BCUT2D eigenvalue weighted by molar-refractivity contribution is 5.95. The number of hydrogen-bond donors (Lipinski definition) is 4. The molecule has 6 atom stereocenters. The van der Waals surface area contributed by atoms with Crippen LogP contribution in [0.15, 0.2) is 30.3 Å². The summed E-state index contributed by atoms with van der Waals surface area (Å²) in [4.78, 5) is 13.1. The number of carbonyl (C=O) groups is 1. The van der Waals surface area contributed by atoms with E-state index in [-0.39, 0.29) is 11.3 Å². The van der Waals surface area contributed by atoms with Crippen LogP contribution in [0.3, 0.4) is 0 Å². The van der Waals surface area contributed by atoms with Crippen LogP contribution in [0.5, 0.6) is 23.0 Å². The van der Waals surface area contributed by atoms with Crippen molar-refractivity contribution < 1.29 is 53.6 Å². The number of aliphatic hydroxyl groups is 4. The van der Waals surface area contributed by atoms with E-state index >= 15 is 0 Å². The van der Waals surface area contributed by atoms with Crippen LogP contribution in [0, 0.1) is 0 Å². The predicted octanol–water partition coefficient (Wildman–Crippen LogP) is 0.345. The van der Waals surface area contributed by atoms with Crippen molar-refractivity contribution >= 4 is 5.97 Å². The van der Waals surface area contributed by atoms with Gasteiger partial charge in [-0.1, -0.05) is 12.1 Å². The summed E-state index contributed by atoms with van der Waals surface area (Å²) in [5.41, 5.74) is 1.41.